The molecule has 0 fully saturated rings. The van der Waals surface area contributed by atoms with Gasteiger partial charge < -0.3 is 8.94 Å². The van der Waals surface area contributed by atoms with Crippen molar-refractivity contribution in [3.8, 4) is 11.6 Å². The highest BCUT2D eigenvalue weighted by molar-refractivity contribution is 7.98. The third-order valence-corrected chi connectivity index (χ3v) is 4.46. The number of fused-ring (bicyclic) bond motifs is 1. The number of rotatable bonds is 4. The second-order valence-electron chi connectivity index (χ2n) is 5.54. The summed E-state index contributed by atoms with van der Waals surface area (Å²) in [6.07, 6.45) is 0. The van der Waals surface area contributed by atoms with E-state index >= 15 is 0 Å². The lowest BCUT2D eigenvalue weighted by Gasteiger charge is -1.97. The molecule has 4 heterocycles. The van der Waals surface area contributed by atoms with Crippen LogP contribution in [0.15, 0.2) is 37.2 Å². The molecule has 0 amide bonds. The summed E-state index contributed by atoms with van der Waals surface area (Å²) in [6, 6.07) is 5.02. The fourth-order valence-electron chi connectivity index (χ4n) is 2.32. The molecular formula is C15H14N6O3S. The van der Waals surface area contributed by atoms with E-state index in [4.69, 9.17) is 8.94 Å². The van der Waals surface area contributed by atoms with Gasteiger partial charge in [-0.3, -0.25) is 9.48 Å². The van der Waals surface area contributed by atoms with Crippen LogP contribution in [0.5, 0.6) is 0 Å². The summed E-state index contributed by atoms with van der Waals surface area (Å²) in [6.45, 7) is 3.71. The van der Waals surface area contributed by atoms with E-state index in [0.717, 1.165) is 10.3 Å². The molecule has 25 heavy (non-hydrogen) atoms. The highest BCUT2D eigenvalue weighted by atomic mass is 32.2. The van der Waals surface area contributed by atoms with Gasteiger partial charge in [-0.25, -0.2) is 4.98 Å². The molecule has 0 aliphatic heterocycles. The van der Waals surface area contributed by atoms with Crippen molar-refractivity contribution < 1.29 is 8.94 Å². The summed E-state index contributed by atoms with van der Waals surface area (Å²) in [5.74, 6) is 1.42. The number of nitrogens with zero attached hydrogens (tertiary/aromatic N) is 6. The number of hydrogen-bond donors (Lipinski definition) is 0. The summed E-state index contributed by atoms with van der Waals surface area (Å²) in [5, 5.41) is 12.7. The molecule has 0 radical (unpaired) electrons. The summed E-state index contributed by atoms with van der Waals surface area (Å²) >= 11 is 1.31. The molecule has 4 aromatic heterocycles. The van der Waals surface area contributed by atoms with Gasteiger partial charge in [0.05, 0.1) is 5.69 Å². The molecule has 0 aliphatic carbocycles. The molecule has 0 spiro atoms. The number of thioether (sulfide) groups is 1. The summed E-state index contributed by atoms with van der Waals surface area (Å²) in [7, 11) is 1.85. The van der Waals surface area contributed by atoms with Crippen molar-refractivity contribution in [3.05, 3.63) is 45.7 Å². The normalized spacial score (nSPS) is 11.5. The molecule has 0 N–H and O–H groups in total. The van der Waals surface area contributed by atoms with Crippen LogP contribution in [0, 0.1) is 13.8 Å². The Balaban J connectivity index is 1.53. The molecule has 4 aromatic rings. The fraction of sp³-hybridized carbons (Fsp3) is 0.267. The van der Waals surface area contributed by atoms with E-state index in [-0.39, 0.29) is 5.56 Å². The summed E-state index contributed by atoms with van der Waals surface area (Å²) in [4.78, 5) is 16.4. The molecule has 0 saturated heterocycles. The maximum Gasteiger partial charge on any atom is 0.287 e. The minimum atomic E-state index is -0.260. The highest BCUT2D eigenvalue weighted by Crippen LogP contribution is 2.24. The molecule has 0 bridgehead atoms. The maximum absolute atomic E-state index is 12.0. The Morgan fingerprint density at radius 2 is 2.04 bits per heavy atom. The van der Waals surface area contributed by atoms with Gasteiger partial charge in [0.25, 0.3) is 16.7 Å². The first-order chi connectivity index (χ1) is 12.0. The molecule has 10 heteroatoms. The van der Waals surface area contributed by atoms with Crippen LogP contribution in [0.3, 0.4) is 0 Å². The summed E-state index contributed by atoms with van der Waals surface area (Å²) < 4.78 is 13.8. The predicted molar refractivity (Wildman–Crippen MR) is 89.3 cm³/mol. The van der Waals surface area contributed by atoms with E-state index in [1.807, 2.05) is 20.0 Å². The quantitative estimate of drug-likeness (QED) is 0.510. The van der Waals surface area contributed by atoms with Crippen LogP contribution in [0.2, 0.25) is 0 Å². The minimum absolute atomic E-state index is 0.260. The average molecular weight is 358 g/mol. The number of hydrogen-bond acceptors (Lipinski definition) is 8. The Morgan fingerprint density at radius 1 is 1.20 bits per heavy atom. The van der Waals surface area contributed by atoms with Crippen molar-refractivity contribution in [2.24, 2.45) is 7.05 Å². The van der Waals surface area contributed by atoms with E-state index in [9.17, 15) is 4.79 Å². The van der Waals surface area contributed by atoms with Gasteiger partial charge in [0.1, 0.15) is 11.5 Å². The number of aromatic nitrogens is 6. The molecule has 0 saturated carbocycles. The third-order valence-electron chi connectivity index (χ3n) is 3.61. The third kappa shape index (κ3) is 2.95. The van der Waals surface area contributed by atoms with Crippen LogP contribution >= 0.6 is 11.8 Å². The van der Waals surface area contributed by atoms with Gasteiger partial charge in [0.2, 0.25) is 0 Å². The van der Waals surface area contributed by atoms with E-state index in [1.54, 1.807) is 17.7 Å². The zero-order valence-electron chi connectivity index (χ0n) is 13.8. The predicted octanol–water partition coefficient (Wildman–Crippen LogP) is 1.98. The Labute approximate surface area is 145 Å². The van der Waals surface area contributed by atoms with Crippen LogP contribution in [-0.4, -0.2) is 29.5 Å². The molecule has 9 nitrogen and oxygen atoms in total. The Hall–Kier alpha value is -2.88. The van der Waals surface area contributed by atoms with Gasteiger partial charge in [0.15, 0.2) is 5.65 Å². The molecule has 0 aliphatic rings. The minimum Gasteiger partial charge on any atom is -0.410 e. The van der Waals surface area contributed by atoms with Gasteiger partial charge in [-0.05, 0) is 19.9 Å². The van der Waals surface area contributed by atoms with E-state index in [1.165, 1.54) is 17.8 Å². The SMILES string of the molecule is Cc1cc2nc(CSc3nnc(-c4cc(C)n(C)n4)o3)cc(=O)n2o1. The Bertz CT molecular complexity index is 1100. The Kier molecular flexibility index (Phi) is 3.68. The molecule has 0 aromatic carbocycles. The van der Waals surface area contributed by atoms with E-state index < -0.39 is 0 Å². The van der Waals surface area contributed by atoms with Gasteiger partial charge in [0, 0.05) is 30.6 Å². The van der Waals surface area contributed by atoms with Crippen molar-refractivity contribution in [1.29, 1.82) is 0 Å². The fourth-order valence-corrected chi connectivity index (χ4v) is 2.98. The van der Waals surface area contributed by atoms with Gasteiger partial charge in [-0.15, -0.1) is 14.8 Å². The lowest BCUT2D eigenvalue weighted by Crippen LogP contribution is -2.12. The van der Waals surface area contributed by atoms with Crippen LogP contribution in [-0.2, 0) is 12.8 Å². The van der Waals surface area contributed by atoms with Crippen molar-refractivity contribution in [1.82, 2.24) is 29.5 Å². The van der Waals surface area contributed by atoms with Crippen molar-refractivity contribution in [2.75, 3.05) is 0 Å². The monoisotopic (exact) mass is 358 g/mol. The van der Waals surface area contributed by atoms with Gasteiger partial charge in [-0.2, -0.15) is 5.10 Å². The smallest absolute Gasteiger partial charge is 0.287 e. The van der Waals surface area contributed by atoms with E-state index in [0.29, 0.717) is 39.7 Å². The largest absolute Gasteiger partial charge is 0.410 e. The van der Waals surface area contributed by atoms with Crippen LogP contribution < -0.4 is 5.56 Å². The lowest BCUT2D eigenvalue weighted by molar-refractivity contribution is 0.344. The van der Waals surface area contributed by atoms with Crippen LogP contribution in [0.4, 0.5) is 0 Å². The second kappa shape index (κ2) is 5.88. The average Bonchev–Trinajstić information content (AvgIpc) is 3.25. The molecule has 4 rings (SSSR count). The molecule has 0 atom stereocenters. The zero-order valence-corrected chi connectivity index (χ0v) is 14.6. The standard InChI is InChI=1S/C15H14N6O3S/c1-8-4-11(19-20(8)3)14-17-18-15(23-14)25-7-10-6-13(22)21-12(16-10)5-9(2)24-21/h4-6H,7H2,1-3H3. The first kappa shape index (κ1) is 15.6. The van der Waals surface area contributed by atoms with Crippen molar-refractivity contribution in [2.45, 2.75) is 24.8 Å². The van der Waals surface area contributed by atoms with Gasteiger partial charge in [-0.1, -0.05) is 11.8 Å². The topological polar surface area (TPSA) is 104 Å². The zero-order chi connectivity index (χ0) is 17.6. The molecule has 128 valence electrons. The highest BCUT2D eigenvalue weighted by Gasteiger charge is 2.14. The number of aryl methyl sites for hydroxylation is 3. The first-order valence-corrected chi connectivity index (χ1v) is 8.45. The Morgan fingerprint density at radius 3 is 2.80 bits per heavy atom. The van der Waals surface area contributed by atoms with Gasteiger partial charge >= 0.3 is 0 Å². The van der Waals surface area contributed by atoms with E-state index in [2.05, 4.69) is 20.3 Å². The van der Waals surface area contributed by atoms with Crippen LogP contribution in [0.25, 0.3) is 17.2 Å². The summed E-state index contributed by atoms with van der Waals surface area (Å²) in [5.41, 5.74) is 2.46. The first-order valence-electron chi connectivity index (χ1n) is 7.46. The molecular weight excluding hydrogens is 344 g/mol. The molecule has 0 unspecified atom stereocenters. The van der Waals surface area contributed by atoms with Crippen molar-refractivity contribution in [3.63, 3.8) is 0 Å². The van der Waals surface area contributed by atoms with Crippen LogP contribution in [0.1, 0.15) is 17.1 Å². The lowest BCUT2D eigenvalue weighted by atomic mass is 10.4. The maximum atomic E-state index is 12.0. The second-order valence-corrected chi connectivity index (χ2v) is 6.47. The van der Waals surface area contributed by atoms with Crippen molar-refractivity contribution >= 4 is 17.4 Å².